The topological polar surface area (TPSA) is 49.3 Å². The van der Waals surface area contributed by atoms with E-state index in [4.69, 9.17) is 0 Å². The molecule has 1 amide bonds. The van der Waals surface area contributed by atoms with Crippen LogP contribution >= 0.6 is 0 Å². The molecular weight excluding hydrogens is 262 g/mol. The lowest BCUT2D eigenvalue weighted by molar-refractivity contribution is -0.129. The van der Waals surface area contributed by atoms with Crippen molar-refractivity contribution < 1.29 is 9.90 Å². The van der Waals surface area contributed by atoms with Gasteiger partial charge in [-0.25, -0.2) is 0 Å². The molecule has 0 aliphatic heterocycles. The Kier molecular flexibility index (Phi) is 5.34. The van der Waals surface area contributed by atoms with Gasteiger partial charge in [0, 0.05) is 6.54 Å². The van der Waals surface area contributed by atoms with Gasteiger partial charge < -0.3 is 10.4 Å². The lowest BCUT2D eigenvalue weighted by atomic mass is 9.85. The third kappa shape index (κ3) is 4.05. The maximum atomic E-state index is 12.4. The lowest BCUT2D eigenvalue weighted by Crippen LogP contribution is -2.44. The van der Waals surface area contributed by atoms with E-state index in [2.05, 4.69) is 5.32 Å². The fourth-order valence-corrected chi connectivity index (χ4v) is 2.70. The van der Waals surface area contributed by atoms with Crippen molar-refractivity contribution in [3.63, 3.8) is 0 Å². The van der Waals surface area contributed by atoms with Crippen molar-refractivity contribution in [1.82, 2.24) is 5.32 Å². The Labute approximate surface area is 126 Å². The van der Waals surface area contributed by atoms with Gasteiger partial charge in [-0.15, -0.1) is 0 Å². The number of amides is 1. The van der Waals surface area contributed by atoms with Crippen LogP contribution in [0, 0.1) is 5.92 Å². The fraction of sp³-hybridized carbons (Fsp3) is 0.389. The van der Waals surface area contributed by atoms with E-state index in [-0.39, 0.29) is 5.91 Å². The number of nitrogens with one attached hydrogen (secondary N) is 1. The molecule has 0 saturated heterocycles. The zero-order valence-electron chi connectivity index (χ0n) is 12.5. The molecule has 112 valence electrons. The average Bonchev–Trinajstić information content (AvgIpc) is 2.93. The molecule has 2 atom stereocenters. The maximum absolute atomic E-state index is 12.4. The Hall–Kier alpha value is -1.87. The Morgan fingerprint density at radius 2 is 2.19 bits per heavy atom. The van der Waals surface area contributed by atoms with Gasteiger partial charge in [0.15, 0.2) is 0 Å². The highest BCUT2D eigenvalue weighted by Crippen LogP contribution is 2.31. The number of carbonyl (C=O) groups is 1. The SMILES string of the molecule is C/C=C/C(C(=O)NCCc1ccccc1)C1(O)C=CCC1. The van der Waals surface area contributed by atoms with Gasteiger partial charge in [0.05, 0.1) is 11.5 Å². The number of carbonyl (C=O) groups excluding carboxylic acids is 1. The van der Waals surface area contributed by atoms with Crippen molar-refractivity contribution in [2.45, 2.75) is 31.8 Å². The molecule has 0 radical (unpaired) electrons. The predicted molar refractivity (Wildman–Crippen MR) is 84.8 cm³/mol. The highest BCUT2D eigenvalue weighted by Gasteiger charge is 2.38. The molecule has 2 rings (SSSR count). The summed E-state index contributed by atoms with van der Waals surface area (Å²) in [5.41, 5.74) is 0.156. The number of allylic oxidation sites excluding steroid dienone is 2. The van der Waals surface area contributed by atoms with E-state index in [1.165, 1.54) is 5.56 Å². The number of hydrogen-bond donors (Lipinski definition) is 2. The average molecular weight is 285 g/mol. The molecule has 1 aromatic rings. The van der Waals surface area contributed by atoms with E-state index >= 15 is 0 Å². The molecule has 0 bridgehead atoms. The summed E-state index contributed by atoms with van der Waals surface area (Å²) in [5, 5.41) is 13.5. The summed E-state index contributed by atoms with van der Waals surface area (Å²) in [6.45, 7) is 2.45. The quantitative estimate of drug-likeness (QED) is 0.789. The second-order valence-corrected chi connectivity index (χ2v) is 5.46. The Morgan fingerprint density at radius 3 is 2.81 bits per heavy atom. The first-order chi connectivity index (χ1) is 10.2. The van der Waals surface area contributed by atoms with Crippen LogP contribution in [0.2, 0.25) is 0 Å². The normalized spacial score (nSPS) is 22.6. The fourth-order valence-electron chi connectivity index (χ4n) is 2.70. The number of benzene rings is 1. The van der Waals surface area contributed by atoms with Gasteiger partial charge in [-0.2, -0.15) is 0 Å². The number of rotatable bonds is 6. The molecule has 3 nitrogen and oxygen atoms in total. The second kappa shape index (κ2) is 7.23. The summed E-state index contributed by atoms with van der Waals surface area (Å²) < 4.78 is 0. The molecule has 21 heavy (non-hydrogen) atoms. The van der Waals surface area contributed by atoms with Gasteiger partial charge in [-0.3, -0.25) is 4.79 Å². The van der Waals surface area contributed by atoms with E-state index in [0.29, 0.717) is 13.0 Å². The molecule has 1 aliphatic carbocycles. The van der Waals surface area contributed by atoms with E-state index < -0.39 is 11.5 Å². The Bertz CT molecular complexity index is 521. The summed E-state index contributed by atoms with van der Waals surface area (Å²) in [6, 6.07) is 10.1. The number of aliphatic hydroxyl groups is 1. The highest BCUT2D eigenvalue weighted by atomic mass is 16.3. The first-order valence-electron chi connectivity index (χ1n) is 7.50. The minimum atomic E-state index is -1.04. The van der Waals surface area contributed by atoms with Crippen molar-refractivity contribution in [2.24, 2.45) is 5.92 Å². The summed E-state index contributed by atoms with van der Waals surface area (Å²) in [4.78, 5) is 12.4. The summed E-state index contributed by atoms with van der Waals surface area (Å²) in [7, 11) is 0. The largest absolute Gasteiger partial charge is 0.385 e. The molecule has 3 heteroatoms. The Balaban J connectivity index is 1.92. The van der Waals surface area contributed by atoms with E-state index in [1.807, 2.05) is 49.4 Å². The van der Waals surface area contributed by atoms with Crippen LogP contribution in [0.4, 0.5) is 0 Å². The van der Waals surface area contributed by atoms with Crippen molar-refractivity contribution in [3.05, 3.63) is 60.2 Å². The molecule has 0 fully saturated rings. The van der Waals surface area contributed by atoms with Crippen molar-refractivity contribution >= 4 is 5.91 Å². The van der Waals surface area contributed by atoms with Crippen LogP contribution < -0.4 is 5.32 Å². The number of hydrogen-bond acceptors (Lipinski definition) is 2. The molecule has 0 aromatic heterocycles. The van der Waals surface area contributed by atoms with Gasteiger partial charge in [0.1, 0.15) is 0 Å². The smallest absolute Gasteiger partial charge is 0.230 e. The van der Waals surface area contributed by atoms with Gasteiger partial charge in [-0.05, 0) is 31.7 Å². The molecule has 2 N–H and O–H groups in total. The minimum Gasteiger partial charge on any atom is -0.385 e. The first kappa shape index (κ1) is 15.5. The van der Waals surface area contributed by atoms with E-state index in [1.54, 1.807) is 12.2 Å². The van der Waals surface area contributed by atoms with Crippen LogP contribution in [-0.4, -0.2) is 23.2 Å². The zero-order valence-corrected chi connectivity index (χ0v) is 12.5. The third-order valence-electron chi connectivity index (χ3n) is 3.88. The second-order valence-electron chi connectivity index (χ2n) is 5.46. The van der Waals surface area contributed by atoms with Gasteiger partial charge in [0.2, 0.25) is 5.91 Å². The molecule has 1 aliphatic rings. The van der Waals surface area contributed by atoms with Crippen molar-refractivity contribution in [3.8, 4) is 0 Å². The van der Waals surface area contributed by atoms with Crippen molar-refractivity contribution in [1.29, 1.82) is 0 Å². The van der Waals surface area contributed by atoms with Crippen LogP contribution in [0.5, 0.6) is 0 Å². The molecule has 1 aromatic carbocycles. The maximum Gasteiger partial charge on any atom is 0.230 e. The highest BCUT2D eigenvalue weighted by molar-refractivity contribution is 5.82. The Morgan fingerprint density at radius 1 is 1.43 bits per heavy atom. The standard InChI is InChI=1S/C18H23NO2/c1-2-8-16(18(21)12-6-7-13-18)17(20)19-14-11-15-9-4-3-5-10-15/h2-6,8-10,12,16,21H,7,11,13-14H2,1H3,(H,19,20)/b8-2+. The van der Waals surface area contributed by atoms with Crippen LogP contribution in [0.25, 0.3) is 0 Å². The summed E-state index contributed by atoms with van der Waals surface area (Å²) >= 11 is 0. The van der Waals surface area contributed by atoms with E-state index in [0.717, 1.165) is 12.8 Å². The molecular formula is C18H23NO2. The van der Waals surface area contributed by atoms with Gasteiger partial charge >= 0.3 is 0 Å². The molecule has 0 spiro atoms. The van der Waals surface area contributed by atoms with Gasteiger partial charge in [0.25, 0.3) is 0 Å². The molecule has 0 saturated carbocycles. The third-order valence-corrected chi connectivity index (χ3v) is 3.88. The lowest BCUT2D eigenvalue weighted by Gasteiger charge is -2.28. The van der Waals surface area contributed by atoms with E-state index in [9.17, 15) is 9.90 Å². The zero-order chi connectivity index (χ0) is 15.1. The van der Waals surface area contributed by atoms with Crippen LogP contribution in [0.15, 0.2) is 54.6 Å². The first-order valence-corrected chi connectivity index (χ1v) is 7.50. The summed E-state index contributed by atoms with van der Waals surface area (Å²) in [5.74, 6) is -0.630. The van der Waals surface area contributed by atoms with Crippen LogP contribution in [0.1, 0.15) is 25.3 Å². The predicted octanol–water partition coefficient (Wildman–Crippen LogP) is 2.62. The van der Waals surface area contributed by atoms with Gasteiger partial charge in [-0.1, -0.05) is 54.6 Å². The van der Waals surface area contributed by atoms with Crippen LogP contribution in [-0.2, 0) is 11.2 Å². The van der Waals surface area contributed by atoms with Crippen LogP contribution in [0.3, 0.4) is 0 Å². The molecule has 2 unspecified atom stereocenters. The monoisotopic (exact) mass is 285 g/mol. The minimum absolute atomic E-state index is 0.113. The van der Waals surface area contributed by atoms with Crippen molar-refractivity contribution in [2.75, 3.05) is 6.54 Å². The summed E-state index contributed by atoms with van der Waals surface area (Å²) in [6.07, 6.45) is 9.53. The molecule has 0 heterocycles.